The van der Waals surface area contributed by atoms with Crippen LogP contribution >= 0.6 is 17.5 Å². The monoisotopic (exact) mass is 333 g/mol. The van der Waals surface area contributed by atoms with Gasteiger partial charge < -0.3 is 9.36 Å². The molecule has 21 heavy (non-hydrogen) atoms. The Balaban J connectivity index is 4.39. The molecule has 0 saturated carbocycles. The molecule has 0 rings (SSSR count). The molecule has 120 valence electrons. The molecular weight excluding hydrogens is 308 g/mol. The summed E-state index contributed by atoms with van der Waals surface area (Å²) in [6, 6.07) is 0. The van der Waals surface area contributed by atoms with Crippen LogP contribution in [0.3, 0.4) is 0 Å². The lowest BCUT2D eigenvalue weighted by Crippen LogP contribution is -2.14. The molecule has 0 radical (unpaired) electrons. The van der Waals surface area contributed by atoms with Crippen molar-refractivity contribution in [2.24, 2.45) is 11.1 Å². The van der Waals surface area contributed by atoms with E-state index in [4.69, 9.17) is 13.9 Å². The van der Waals surface area contributed by atoms with Crippen LogP contribution in [0.2, 0.25) is 0 Å². The van der Waals surface area contributed by atoms with E-state index < -0.39 is 0 Å². The Kier molecular flexibility index (Phi) is 15.5. The van der Waals surface area contributed by atoms with Crippen LogP contribution in [0.4, 0.5) is 0 Å². The second kappa shape index (κ2) is 15.9. The molecule has 7 heteroatoms. The number of hydrogen-bond acceptors (Lipinski definition) is 5. The van der Waals surface area contributed by atoms with Gasteiger partial charge >= 0.3 is 8.69 Å². The molecule has 0 aliphatic rings. The second-order valence-corrected chi connectivity index (χ2v) is 5.43. The van der Waals surface area contributed by atoms with Gasteiger partial charge in [0.2, 0.25) is 0 Å². The van der Waals surface area contributed by atoms with Gasteiger partial charge in [-0.3, -0.25) is 4.52 Å². The minimum Gasteiger partial charge on any atom is -0.398 e. The topological polar surface area (TPSA) is 57.1 Å². The Labute approximate surface area is 131 Å². The molecule has 0 fully saturated rings. The lowest BCUT2D eigenvalue weighted by atomic mass is 9.92. The van der Waals surface area contributed by atoms with Gasteiger partial charge in [0.1, 0.15) is 12.8 Å². The SMILES string of the molecule is CC#C/C(=N\OC)C(CCCCOP=O)CCCOPC. The first kappa shape index (κ1) is 20.5. The van der Waals surface area contributed by atoms with Gasteiger partial charge in [0.05, 0.1) is 13.2 Å². The molecule has 0 bridgehead atoms. The number of hydrogen-bond donors (Lipinski definition) is 0. The van der Waals surface area contributed by atoms with Gasteiger partial charge in [0, 0.05) is 14.7 Å². The Hall–Kier alpha value is -0.520. The molecule has 0 aliphatic carbocycles. The lowest BCUT2D eigenvalue weighted by molar-refractivity contribution is 0.210. The molecule has 0 spiro atoms. The van der Waals surface area contributed by atoms with E-state index in [2.05, 4.69) is 17.0 Å². The molecule has 5 nitrogen and oxygen atoms in total. The average molecular weight is 333 g/mol. The number of unbranched alkanes of at least 4 members (excludes halogenated alkanes) is 1. The lowest BCUT2D eigenvalue weighted by Gasteiger charge is -2.15. The standard InChI is InChI=1S/C14H25NO4P2/c1-4-8-14(15-17-2)13(10-7-12-18-20-3)9-5-6-11-19-21-16/h13,20H,5-7,9-12H2,1-3H3/b15-14+. The summed E-state index contributed by atoms with van der Waals surface area (Å²) < 4.78 is 20.4. The van der Waals surface area contributed by atoms with Crippen molar-refractivity contribution >= 4 is 23.2 Å². The van der Waals surface area contributed by atoms with Gasteiger partial charge in [0.15, 0.2) is 0 Å². The quantitative estimate of drug-likeness (QED) is 0.168. The van der Waals surface area contributed by atoms with Crippen LogP contribution in [0.1, 0.15) is 39.0 Å². The average Bonchev–Trinajstić information content (AvgIpc) is 2.49. The molecular formula is C14H25NO4P2. The largest absolute Gasteiger partial charge is 0.398 e. The first-order valence-electron chi connectivity index (χ1n) is 7.07. The second-order valence-electron chi connectivity index (χ2n) is 4.33. The first-order valence-corrected chi connectivity index (χ1v) is 9.20. The fourth-order valence-corrected chi connectivity index (χ4v) is 2.49. The molecule has 0 aromatic rings. The van der Waals surface area contributed by atoms with Crippen molar-refractivity contribution in [2.75, 3.05) is 27.0 Å². The molecule has 0 aliphatic heterocycles. The smallest absolute Gasteiger partial charge is 0.327 e. The van der Waals surface area contributed by atoms with Crippen molar-refractivity contribution in [3.8, 4) is 11.8 Å². The predicted molar refractivity (Wildman–Crippen MR) is 88.2 cm³/mol. The third kappa shape index (κ3) is 11.8. The van der Waals surface area contributed by atoms with Crippen LogP contribution in [0.5, 0.6) is 0 Å². The molecule has 0 heterocycles. The highest BCUT2D eigenvalue weighted by atomic mass is 31.1. The normalized spacial score (nSPS) is 13.4. The van der Waals surface area contributed by atoms with E-state index in [1.165, 1.54) is 7.11 Å². The maximum atomic E-state index is 10.2. The maximum Gasteiger partial charge on any atom is 0.327 e. The van der Waals surface area contributed by atoms with E-state index in [0.717, 1.165) is 44.4 Å². The minimum absolute atomic E-state index is 0.251. The Morgan fingerprint density at radius 2 is 2.05 bits per heavy atom. The Morgan fingerprint density at radius 1 is 1.29 bits per heavy atom. The summed E-state index contributed by atoms with van der Waals surface area (Å²) in [5, 5.41) is 4.05. The summed E-state index contributed by atoms with van der Waals surface area (Å²) in [5.74, 6) is 6.19. The van der Waals surface area contributed by atoms with Crippen molar-refractivity contribution in [1.29, 1.82) is 0 Å². The van der Waals surface area contributed by atoms with Crippen LogP contribution in [-0.4, -0.2) is 32.7 Å². The summed E-state index contributed by atoms with van der Waals surface area (Å²) in [6.45, 7) is 5.09. The molecule has 0 aromatic carbocycles. The summed E-state index contributed by atoms with van der Waals surface area (Å²) in [6.07, 6.45) is 4.77. The van der Waals surface area contributed by atoms with E-state index in [1.807, 2.05) is 6.66 Å². The van der Waals surface area contributed by atoms with Crippen LogP contribution in [0.15, 0.2) is 5.16 Å². The van der Waals surface area contributed by atoms with Crippen molar-refractivity contribution in [1.82, 2.24) is 0 Å². The highest BCUT2D eigenvalue weighted by molar-refractivity contribution is 7.31. The summed E-state index contributed by atoms with van der Waals surface area (Å²) >= 11 is 0. The fraction of sp³-hybridized carbons (Fsp3) is 0.786. The van der Waals surface area contributed by atoms with Crippen molar-refractivity contribution in [3.05, 3.63) is 0 Å². The number of rotatable bonds is 13. The molecule has 0 N–H and O–H groups in total. The van der Waals surface area contributed by atoms with Crippen molar-refractivity contribution in [2.45, 2.75) is 39.0 Å². The molecule has 0 saturated heterocycles. The Morgan fingerprint density at radius 3 is 2.67 bits per heavy atom. The van der Waals surface area contributed by atoms with Crippen LogP contribution < -0.4 is 0 Å². The van der Waals surface area contributed by atoms with Crippen LogP contribution in [-0.2, 0) is 18.5 Å². The summed E-state index contributed by atoms with van der Waals surface area (Å²) in [4.78, 5) is 4.90. The van der Waals surface area contributed by atoms with Crippen molar-refractivity contribution in [3.63, 3.8) is 0 Å². The van der Waals surface area contributed by atoms with E-state index in [-0.39, 0.29) is 14.6 Å². The summed E-state index contributed by atoms with van der Waals surface area (Å²) in [5.41, 5.74) is 0.793. The zero-order valence-corrected chi connectivity index (χ0v) is 14.9. The van der Waals surface area contributed by atoms with Gasteiger partial charge in [-0.1, -0.05) is 17.5 Å². The minimum atomic E-state index is -0.251. The van der Waals surface area contributed by atoms with E-state index in [0.29, 0.717) is 15.4 Å². The van der Waals surface area contributed by atoms with Gasteiger partial charge in [-0.25, -0.2) is 4.57 Å². The van der Waals surface area contributed by atoms with Crippen LogP contribution in [0.25, 0.3) is 0 Å². The predicted octanol–water partition coefficient (Wildman–Crippen LogP) is 4.04. The highest BCUT2D eigenvalue weighted by Gasteiger charge is 2.15. The van der Waals surface area contributed by atoms with Crippen molar-refractivity contribution < 1.29 is 18.5 Å². The van der Waals surface area contributed by atoms with Gasteiger partial charge in [-0.2, -0.15) is 0 Å². The van der Waals surface area contributed by atoms with E-state index >= 15 is 0 Å². The zero-order valence-electron chi connectivity index (χ0n) is 13.1. The maximum absolute atomic E-state index is 10.2. The number of nitrogens with zero attached hydrogens (tertiary/aromatic N) is 1. The van der Waals surface area contributed by atoms with Gasteiger partial charge in [-0.15, -0.1) is 0 Å². The zero-order chi connectivity index (χ0) is 15.8. The van der Waals surface area contributed by atoms with Gasteiger partial charge in [-0.05, 0) is 45.2 Å². The molecule has 0 amide bonds. The van der Waals surface area contributed by atoms with E-state index in [9.17, 15) is 4.57 Å². The number of oxime groups is 1. The fourth-order valence-electron chi connectivity index (χ4n) is 1.94. The first-order chi connectivity index (χ1) is 10.3. The molecule has 2 unspecified atom stereocenters. The highest BCUT2D eigenvalue weighted by Crippen LogP contribution is 2.19. The molecule has 0 aromatic heterocycles. The molecule has 2 atom stereocenters. The van der Waals surface area contributed by atoms with Gasteiger partial charge in [0.25, 0.3) is 0 Å². The third-order valence-electron chi connectivity index (χ3n) is 2.86. The van der Waals surface area contributed by atoms with Crippen LogP contribution in [0, 0.1) is 17.8 Å². The van der Waals surface area contributed by atoms with E-state index in [1.54, 1.807) is 6.92 Å². The summed E-state index contributed by atoms with van der Waals surface area (Å²) in [7, 11) is 1.81. The third-order valence-corrected chi connectivity index (χ3v) is 3.64. The Bertz CT molecular complexity index is 353.